The molecule has 5 heteroatoms. The van der Waals surface area contributed by atoms with E-state index >= 15 is 0 Å². The van der Waals surface area contributed by atoms with Crippen LogP contribution in [-0.4, -0.2) is 23.3 Å². The predicted molar refractivity (Wildman–Crippen MR) is 79.7 cm³/mol. The second-order valence-electron chi connectivity index (χ2n) is 4.65. The van der Waals surface area contributed by atoms with Crippen LogP contribution in [0.4, 0.5) is 0 Å². The van der Waals surface area contributed by atoms with Gasteiger partial charge in [0.1, 0.15) is 17.4 Å². The van der Waals surface area contributed by atoms with E-state index in [-0.39, 0.29) is 0 Å². The van der Waals surface area contributed by atoms with E-state index in [9.17, 15) is 0 Å². The number of hydrogen-bond acceptors (Lipinski definition) is 3. The number of nitriles is 1. The smallest absolute Gasteiger partial charge is 0.124 e. The molecule has 0 radical (unpaired) electrons. The number of para-hydroxylation sites is 1. The summed E-state index contributed by atoms with van der Waals surface area (Å²) >= 11 is 5.98. The minimum absolute atomic E-state index is 0.359. The van der Waals surface area contributed by atoms with Crippen molar-refractivity contribution in [2.45, 2.75) is 31.7 Å². The molecule has 0 saturated heterocycles. The molecule has 1 aromatic heterocycles. The summed E-state index contributed by atoms with van der Waals surface area (Å²) in [6.45, 7) is 1.67. The standard InChI is InChI=1S/C15H18ClN3O/c1-20-9-4-2-3-8-19-13-7-5-6-12(11-17)15(13)18-14(19)10-16/h5-7H,2-4,8-10H2,1H3. The SMILES string of the molecule is COCCCCCn1c(CCl)nc2c(C#N)cccc21. The van der Waals surface area contributed by atoms with Gasteiger partial charge in [-0.2, -0.15) is 5.26 Å². The van der Waals surface area contributed by atoms with Crippen LogP contribution in [0.25, 0.3) is 11.0 Å². The van der Waals surface area contributed by atoms with Gasteiger partial charge in [0.15, 0.2) is 0 Å². The van der Waals surface area contributed by atoms with Crippen molar-refractivity contribution in [2.24, 2.45) is 0 Å². The van der Waals surface area contributed by atoms with Crippen LogP contribution < -0.4 is 0 Å². The molecule has 1 aromatic carbocycles. The van der Waals surface area contributed by atoms with Crippen molar-refractivity contribution < 1.29 is 4.74 Å². The fourth-order valence-corrected chi connectivity index (χ4v) is 2.53. The summed E-state index contributed by atoms with van der Waals surface area (Å²) < 4.78 is 7.17. The third kappa shape index (κ3) is 3.12. The van der Waals surface area contributed by atoms with Crippen LogP contribution in [0.5, 0.6) is 0 Å². The van der Waals surface area contributed by atoms with Gasteiger partial charge in [-0.05, 0) is 31.4 Å². The molecule has 0 aliphatic carbocycles. The van der Waals surface area contributed by atoms with Gasteiger partial charge in [0.25, 0.3) is 0 Å². The van der Waals surface area contributed by atoms with Gasteiger partial charge in [-0.1, -0.05) is 6.07 Å². The zero-order chi connectivity index (χ0) is 14.4. The molecule has 0 saturated carbocycles. The van der Waals surface area contributed by atoms with E-state index in [1.165, 1.54) is 0 Å². The number of benzene rings is 1. The number of ether oxygens (including phenoxy) is 1. The molecule has 4 nitrogen and oxygen atoms in total. The molecule has 0 amide bonds. The lowest BCUT2D eigenvalue weighted by molar-refractivity contribution is 0.191. The molecule has 0 bridgehead atoms. The fraction of sp³-hybridized carbons (Fsp3) is 0.467. The number of nitrogens with zero attached hydrogens (tertiary/aromatic N) is 3. The Morgan fingerprint density at radius 1 is 1.35 bits per heavy atom. The van der Waals surface area contributed by atoms with Gasteiger partial charge in [0, 0.05) is 20.3 Å². The van der Waals surface area contributed by atoms with E-state index in [1.807, 2.05) is 12.1 Å². The Balaban J connectivity index is 2.21. The van der Waals surface area contributed by atoms with E-state index in [0.717, 1.165) is 49.3 Å². The maximum absolute atomic E-state index is 9.14. The first-order valence-electron chi connectivity index (χ1n) is 6.75. The van der Waals surface area contributed by atoms with Crippen molar-refractivity contribution in [3.05, 3.63) is 29.6 Å². The minimum Gasteiger partial charge on any atom is -0.385 e. The Morgan fingerprint density at radius 2 is 2.20 bits per heavy atom. The number of hydrogen-bond donors (Lipinski definition) is 0. The molecule has 2 rings (SSSR count). The fourth-order valence-electron chi connectivity index (χ4n) is 2.33. The lowest BCUT2D eigenvalue weighted by Crippen LogP contribution is -2.03. The van der Waals surface area contributed by atoms with Gasteiger partial charge < -0.3 is 9.30 Å². The van der Waals surface area contributed by atoms with Crippen molar-refractivity contribution in [3.63, 3.8) is 0 Å². The summed E-state index contributed by atoms with van der Waals surface area (Å²) in [4.78, 5) is 4.50. The number of aromatic nitrogens is 2. The van der Waals surface area contributed by atoms with Crippen LogP contribution in [0.1, 0.15) is 30.7 Å². The molecule has 2 aromatic rings. The molecule has 106 valence electrons. The molecule has 0 atom stereocenters. The van der Waals surface area contributed by atoms with Gasteiger partial charge in [-0.25, -0.2) is 4.98 Å². The molecule has 0 N–H and O–H groups in total. The van der Waals surface area contributed by atoms with Gasteiger partial charge >= 0.3 is 0 Å². The quantitative estimate of drug-likeness (QED) is 0.580. The van der Waals surface area contributed by atoms with Crippen LogP contribution in [0, 0.1) is 11.3 Å². The molecule has 0 aliphatic rings. The van der Waals surface area contributed by atoms with Crippen molar-refractivity contribution in [1.82, 2.24) is 9.55 Å². The number of halogens is 1. The Morgan fingerprint density at radius 3 is 2.90 bits per heavy atom. The molecular weight excluding hydrogens is 274 g/mol. The number of alkyl halides is 1. The molecular formula is C15H18ClN3O. The molecule has 0 aliphatic heterocycles. The van der Waals surface area contributed by atoms with Crippen molar-refractivity contribution >= 4 is 22.6 Å². The highest BCUT2D eigenvalue weighted by Crippen LogP contribution is 2.21. The molecule has 0 unspecified atom stereocenters. The minimum atomic E-state index is 0.359. The highest BCUT2D eigenvalue weighted by Gasteiger charge is 2.12. The van der Waals surface area contributed by atoms with Gasteiger partial charge in [0.05, 0.1) is 17.0 Å². The molecule has 0 spiro atoms. The van der Waals surface area contributed by atoms with Crippen molar-refractivity contribution in [3.8, 4) is 6.07 Å². The highest BCUT2D eigenvalue weighted by atomic mass is 35.5. The number of methoxy groups -OCH3 is 1. The van der Waals surface area contributed by atoms with E-state index in [0.29, 0.717) is 11.4 Å². The zero-order valence-corrected chi connectivity index (χ0v) is 12.4. The third-order valence-electron chi connectivity index (χ3n) is 3.33. The van der Waals surface area contributed by atoms with Crippen LogP contribution in [0.3, 0.4) is 0 Å². The van der Waals surface area contributed by atoms with E-state index < -0.39 is 0 Å². The lowest BCUT2D eigenvalue weighted by atomic mass is 10.2. The second-order valence-corrected chi connectivity index (χ2v) is 4.92. The van der Waals surface area contributed by atoms with Gasteiger partial charge in [0.2, 0.25) is 0 Å². The number of fused-ring (bicyclic) bond motifs is 1. The third-order valence-corrected chi connectivity index (χ3v) is 3.57. The largest absolute Gasteiger partial charge is 0.385 e. The topological polar surface area (TPSA) is 50.8 Å². The summed E-state index contributed by atoms with van der Waals surface area (Å²) in [6, 6.07) is 7.86. The molecule has 0 fully saturated rings. The summed E-state index contributed by atoms with van der Waals surface area (Å²) in [5.74, 6) is 1.19. The average molecular weight is 292 g/mol. The first kappa shape index (κ1) is 14.8. The predicted octanol–water partition coefficient (Wildman–Crippen LogP) is 3.46. The average Bonchev–Trinajstić information content (AvgIpc) is 2.85. The molecule has 1 heterocycles. The van der Waals surface area contributed by atoms with Crippen LogP contribution in [-0.2, 0) is 17.2 Å². The van der Waals surface area contributed by atoms with Crippen LogP contribution in [0.15, 0.2) is 18.2 Å². The van der Waals surface area contributed by atoms with Crippen molar-refractivity contribution in [1.29, 1.82) is 5.26 Å². The van der Waals surface area contributed by atoms with Gasteiger partial charge in [-0.3, -0.25) is 0 Å². The number of aryl methyl sites for hydroxylation is 1. The Hall–Kier alpha value is -1.57. The first-order valence-corrected chi connectivity index (χ1v) is 7.28. The Bertz CT molecular complexity index is 615. The van der Waals surface area contributed by atoms with E-state index in [1.54, 1.807) is 13.2 Å². The number of rotatable bonds is 7. The number of unbranched alkanes of at least 4 members (excludes halogenated alkanes) is 2. The van der Waals surface area contributed by atoms with Gasteiger partial charge in [-0.15, -0.1) is 11.6 Å². The maximum Gasteiger partial charge on any atom is 0.124 e. The van der Waals surface area contributed by atoms with Crippen LogP contribution >= 0.6 is 11.6 Å². The summed E-state index contributed by atoms with van der Waals surface area (Å²) in [5, 5.41) is 9.14. The second kappa shape index (κ2) is 7.28. The zero-order valence-electron chi connectivity index (χ0n) is 11.6. The monoisotopic (exact) mass is 291 g/mol. The van der Waals surface area contributed by atoms with Crippen molar-refractivity contribution in [2.75, 3.05) is 13.7 Å². The van der Waals surface area contributed by atoms with E-state index in [4.69, 9.17) is 21.6 Å². The normalized spacial score (nSPS) is 10.8. The number of imidazole rings is 1. The Labute approximate surface area is 123 Å². The first-order chi connectivity index (χ1) is 9.81. The molecule has 20 heavy (non-hydrogen) atoms. The maximum atomic E-state index is 9.14. The summed E-state index contributed by atoms with van der Waals surface area (Å²) in [7, 11) is 1.72. The summed E-state index contributed by atoms with van der Waals surface area (Å²) in [5.41, 5.74) is 2.35. The van der Waals surface area contributed by atoms with E-state index in [2.05, 4.69) is 15.6 Å². The highest BCUT2D eigenvalue weighted by molar-refractivity contribution is 6.16. The summed E-state index contributed by atoms with van der Waals surface area (Å²) in [6.07, 6.45) is 3.21. The van der Waals surface area contributed by atoms with Crippen LogP contribution in [0.2, 0.25) is 0 Å². The Kier molecular flexibility index (Phi) is 5.40. The lowest BCUT2D eigenvalue weighted by Gasteiger charge is -2.07.